The van der Waals surface area contributed by atoms with Crippen LogP contribution in [0.15, 0.2) is 59.8 Å². The second-order valence-corrected chi connectivity index (χ2v) is 7.30. The van der Waals surface area contributed by atoms with E-state index in [9.17, 15) is 4.79 Å². The number of nitrogens with zero attached hydrogens (tertiary/aromatic N) is 2. The summed E-state index contributed by atoms with van der Waals surface area (Å²) < 4.78 is 0. The average molecular weight is 347 g/mol. The predicted octanol–water partition coefficient (Wildman–Crippen LogP) is 4.78. The van der Waals surface area contributed by atoms with Crippen molar-refractivity contribution >= 4 is 39.5 Å². The molecule has 0 saturated carbocycles. The van der Waals surface area contributed by atoms with Gasteiger partial charge >= 0.3 is 0 Å². The van der Waals surface area contributed by atoms with E-state index >= 15 is 0 Å². The fourth-order valence-electron chi connectivity index (χ4n) is 2.90. The van der Waals surface area contributed by atoms with Gasteiger partial charge in [0.2, 0.25) is 0 Å². The second kappa shape index (κ2) is 6.33. The number of benzene rings is 2. The average Bonchev–Trinajstić information content (AvgIpc) is 3.05. The molecule has 1 N–H and O–H groups in total. The number of ketones is 1. The molecule has 0 amide bonds. The lowest BCUT2D eigenvalue weighted by atomic mass is 10.1. The Labute approximate surface area is 149 Å². The van der Waals surface area contributed by atoms with Gasteiger partial charge in [0.15, 0.2) is 5.78 Å². The molecule has 0 bridgehead atoms. The van der Waals surface area contributed by atoms with Gasteiger partial charge < -0.3 is 4.98 Å². The van der Waals surface area contributed by atoms with Crippen LogP contribution < -0.4 is 0 Å². The molecule has 0 aliphatic carbocycles. The van der Waals surface area contributed by atoms with Crippen LogP contribution in [0.4, 0.5) is 0 Å². The van der Waals surface area contributed by atoms with Crippen molar-refractivity contribution < 1.29 is 4.79 Å². The van der Waals surface area contributed by atoms with E-state index in [1.54, 1.807) is 6.20 Å². The molecule has 0 radical (unpaired) electrons. The normalized spacial score (nSPS) is 12.6. The van der Waals surface area contributed by atoms with Gasteiger partial charge in [-0.3, -0.25) is 4.79 Å². The van der Waals surface area contributed by atoms with Crippen molar-refractivity contribution in [2.45, 2.75) is 24.1 Å². The topological polar surface area (TPSA) is 58.6 Å². The molecule has 1 atom stereocenters. The number of carbonyl (C=O) groups is 1. The van der Waals surface area contributed by atoms with Crippen molar-refractivity contribution in [1.29, 1.82) is 0 Å². The summed E-state index contributed by atoms with van der Waals surface area (Å²) in [6.45, 7) is 3.86. The zero-order valence-corrected chi connectivity index (χ0v) is 14.8. The van der Waals surface area contributed by atoms with Crippen LogP contribution in [-0.2, 0) is 0 Å². The van der Waals surface area contributed by atoms with Crippen LogP contribution in [0.1, 0.15) is 23.0 Å². The maximum Gasteiger partial charge on any atom is 0.178 e. The molecule has 4 nitrogen and oxygen atoms in total. The summed E-state index contributed by atoms with van der Waals surface area (Å²) in [7, 11) is 0. The Morgan fingerprint density at radius 3 is 2.52 bits per heavy atom. The van der Waals surface area contributed by atoms with Crippen molar-refractivity contribution in [3.63, 3.8) is 0 Å². The van der Waals surface area contributed by atoms with E-state index in [1.807, 2.05) is 62.4 Å². The van der Waals surface area contributed by atoms with Crippen molar-refractivity contribution in [2.24, 2.45) is 0 Å². The van der Waals surface area contributed by atoms with E-state index in [1.165, 1.54) is 11.8 Å². The fourth-order valence-corrected chi connectivity index (χ4v) is 3.84. The fraction of sp³-hybridized carbons (Fsp3) is 0.150. The predicted molar refractivity (Wildman–Crippen MR) is 102 cm³/mol. The summed E-state index contributed by atoms with van der Waals surface area (Å²) in [4.78, 5) is 25.4. The molecule has 2 aromatic heterocycles. The third-order valence-electron chi connectivity index (χ3n) is 4.21. The number of nitrogens with one attached hydrogen (secondary N) is 1. The maximum absolute atomic E-state index is 12.9. The summed E-state index contributed by atoms with van der Waals surface area (Å²) in [5.74, 6) is 0.0943. The summed E-state index contributed by atoms with van der Waals surface area (Å²) in [5, 5.41) is 1.52. The number of para-hydroxylation sites is 3. The molecular weight excluding hydrogens is 330 g/mol. The molecule has 0 aliphatic rings. The van der Waals surface area contributed by atoms with Crippen LogP contribution >= 0.6 is 11.8 Å². The van der Waals surface area contributed by atoms with Crippen LogP contribution in [0.3, 0.4) is 0 Å². The molecule has 4 rings (SSSR count). The Hall–Kier alpha value is -2.66. The zero-order chi connectivity index (χ0) is 17.4. The van der Waals surface area contributed by atoms with Crippen molar-refractivity contribution in [2.75, 3.05) is 0 Å². The number of H-pyrrole nitrogens is 1. The summed E-state index contributed by atoms with van der Waals surface area (Å²) in [6, 6.07) is 15.6. The molecule has 2 heterocycles. The van der Waals surface area contributed by atoms with Gasteiger partial charge in [-0.2, -0.15) is 0 Å². The standard InChI is InChI=1S/C20H17N3OS/c1-12-20(23-18-10-6-5-9-17(18)22-12)25-13(2)19(24)15-11-21-16-8-4-3-7-14(15)16/h3-11,13,21H,1-2H3/t13-/m0/s1. The quantitative estimate of drug-likeness (QED) is 0.426. The molecule has 0 fully saturated rings. The number of thioether (sulfide) groups is 1. The summed E-state index contributed by atoms with van der Waals surface area (Å²) in [5.41, 5.74) is 4.27. The Kier molecular flexibility index (Phi) is 4.01. The number of rotatable bonds is 4. The summed E-state index contributed by atoms with van der Waals surface area (Å²) >= 11 is 1.46. The minimum atomic E-state index is -0.242. The highest BCUT2D eigenvalue weighted by Crippen LogP contribution is 2.29. The lowest BCUT2D eigenvalue weighted by Gasteiger charge is -2.11. The molecule has 0 unspecified atom stereocenters. The lowest BCUT2D eigenvalue weighted by Crippen LogP contribution is -2.13. The largest absolute Gasteiger partial charge is 0.360 e. The number of hydrogen-bond donors (Lipinski definition) is 1. The van der Waals surface area contributed by atoms with Gasteiger partial charge in [0.25, 0.3) is 0 Å². The van der Waals surface area contributed by atoms with Crippen LogP contribution in [-0.4, -0.2) is 26.0 Å². The maximum atomic E-state index is 12.9. The minimum Gasteiger partial charge on any atom is -0.360 e. The first-order valence-corrected chi connectivity index (χ1v) is 9.02. The van der Waals surface area contributed by atoms with E-state index < -0.39 is 0 Å². The first-order chi connectivity index (χ1) is 12.1. The van der Waals surface area contributed by atoms with E-state index in [2.05, 4.69) is 15.0 Å². The molecular formula is C20H17N3OS. The van der Waals surface area contributed by atoms with Crippen LogP contribution in [0.5, 0.6) is 0 Å². The van der Waals surface area contributed by atoms with Gasteiger partial charge in [0.1, 0.15) is 5.03 Å². The van der Waals surface area contributed by atoms with Crippen LogP contribution in [0, 0.1) is 6.92 Å². The highest BCUT2D eigenvalue weighted by molar-refractivity contribution is 8.00. The molecule has 0 spiro atoms. The molecule has 25 heavy (non-hydrogen) atoms. The van der Waals surface area contributed by atoms with E-state index in [0.29, 0.717) is 0 Å². The summed E-state index contributed by atoms with van der Waals surface area (Å²) in [6.07, 6.45) is 1.79. The van der Waals surface area contributed by atoms with Gasteiger partial charge in [-0.25, -0.2) is 9.97 Å². The Bertz CT molecular complexity index is 1090. The SMILES string of the molecule is Cc1nc2ccccc2nc1S[C@@H](C)C(=O)c1c[nH]c2ccccc12. The molecule has 4 aromatic rings. The van der Waals surface area contributed by atoms with E-state index in [-0.39, 0.29) is 11.0 Å². The van der Waals surface area contributed by atoms with Crippen LogP contribution in [0.25, 0.3) is 21.9 Å². The molecule has 124 valence electrons. The lowest BCUT2D eigenvalue weighted by molar-refractivity contribution is 0.0995. The van der Waals surface area contributed by atoms with Gasteiger partial charge in [0, 0.05) is 22.7 Å². The van der Waals surface area contributed by atoms with Crippen molar-refractivity contribution in [3.8, 4) is 0 Å². The van der Waals surface area contributed by atoms with Gasteiger partial charge in [-0.05, 0) is 32.0 Å². The highest BCUT2D eigenvalue weighted by Gasteiger charge is 2.21. The zero-order valence-electron chi connectivity index (χ0n) is 14.0. The Morgan fingerprint density at radius 2 is 1.72 bits per heavy atom. The number of carbonyl (C=O) groups excluding carboxylic acids is 1. The van der Waals surface area contributed by atoms with Crippen molar-refractivity contribution in [3.05, 3.63) is 66.0 Å². The van der Waals surface area contributed by atoms with Crippen LogP contribution in [0.2, 0.25) is 0 Å². The van der Waals surface area contributed by atoms with Gasteiger partial charge in [-0.1, -0.05) is 42.1 Å². The minimum absolute atomic E-state index is 0.0943. The third kappa shape index (κ3) is 2.91. The molecule has 2 aromatic carbocycles. The molecule has 0 aliphatic heterocycles. The first kappa shape index (κ1) is 15.8. The number of hydrogen-bond acceptors (Lipinski definition) is 4. The number of aromatic nitrogens is 3. The number of aromatic amines is 1. The number of aryl methyl sites for hydroxylation is 1. The van der Waals surface area contributed by atoms with E-state index in [0.717, 1.165) is 38.2 Å². The Balaban J connectivity index is 1.64. The first-order valence-electron chi connectivity index (χ1n) is 8.14. The third-order valence-corrected chi connectivity index (χ3v) is 5.39. The highest BCUT2D eigenvalue weighted by atomic mass is 32.2. The molecule has 0 saturated heterocycles. The van der Waals surface area contributed by atoms with Crippen molar-refractivity contribution in [1.82, 2.24) is 15.0 Å². The molecule has 5 heteroatoms. The second-order valence-electron chi connectivity index (χ2n) is 5.98. The number of fused-ring (bicyclic) bond motifs is 2. The smallest absolute Gasteiger partial charge is 0.178 e. The van der Waals surface area contributed by atoms with Gasteiger partial charge in [0.05, 0.1) is 22.0 Å². The number of Topliss-reactive ketones (excluding diaryl/α,β-unsaturated/α-hetero) is 1. The van der Waals surface area contributed by atoms with Gasteiger partial charge in [-0.15, -0.1) is 0 Å². The Morgan fingerprint density at radius 1 is 1.04 bits per heavy atom. The van der Waals surface area contributed by atoms with E-state index in [4.69, 9.17) is 0 Å². The monoisotopic (exact) mass is 347 g/mol.